The maximum Gasteiger partial charge on any atom is 0.226 e. The smallest absolute Gasteiger partial charge is 0.226 e. The van der Waals surface area contributed by atoms with Gasteiger partial charge < -0.3 is 10.2 Å². The molecule has 22 heavy (non-hydrogen) atoms. The lowest BCUT2D eigenvalue weighted by atomic mass is 10.1. The second-order valence-electron chi connectivity index (χ2n) is 5.23. The Hall–Kier alpha value is -2.46. The predicted octanol–water partition coefficient (Wildman–Crippen LogP) is 2.34. The highest BCUT2D eigenvalue weighted by atomic mass is 32.1. The number of hydrogen-bond donors (Lipinski definition) is 1. The summed E-state index contributed by atoms with van der Waals surface area (Å²) in [5.41, 5.74) is 0.987. The lowest BCUT2D eigenvalue weighted by Gasteiger charge is -2.08. The van der Waals surface area contributed by atoms with Gasteiger partial charge in [0.1, 0.15) is 5.01 Å². The molecule has 0 spiro atoms. The third-order valence-corrected chi connectivity index (χ3v) is 4.48. The van der Waals surface area contributed by atoms with Gasteiger partial charge in [-0.2, -0.15) is 5.26 Å². The van der Waals surface area contributed by atoms with Gasteiger partial charge in [0.2, 0.25) is 11.0 Å². The molecule has 112 valence electrons. The number of carbonyl (C=O) groups excluding carboxylic acids is 1. The average molecular weight is 313 g/mol. The van der Waals surface area contributed by atoms with Crippen LogP contribution in [0.1, 0.15) is 12.8 Å². The molecule has 0 bridgehead atoms. The molecule has 2 aromatic rings. The van der Waals surface area contributed by atoms with E-state index in [4.69, 9.17) is 5.26 Å². The molecular weight excluding hydrogens is 298 g/mol. The van der Waals surface area contributed by atoms with Gasteiger partial charge in [0.15, 0.2) is 6.19 Å². The number of rotatable bonds is 4. The molecule has 1 aromatic heterocycles. The van der Waals surface area contributed by atoms with E-state index >= 15 is 0 Å². The lowest BCUT2D eigenvalue weighted by molar-refractivity contribution is -0.117. The largest absolute Gasteiger partial charge is 0.310 e. The summed E-state index contributed by atoms with van der Waals surface area (Å²) in [4.78, 5) is 13.7. The van der Waals surface area contributed by atoms with Crippen molar-refractivity contribution in [1.82, 2.24) is 15.1 Å². The summed E-state index contributed by atoms with van der Waals surface area (Å²) in [5, 5.41) is 21.0. The van der Waals surface area contributed by atoms with Crippen LogP contribution in [0.25, 0.3) is 10.6 Å². The van der Waals surface area contributed by atoms with Gasteiger partial charge in [-0.15, -0.1) is 10.2 Å². The van der Waals surface area contributed by atoms with Gasteiger partial charge in [-0.05, 0) is 12.3 Å². The van der Waals surface area contributed by atoms with E-state index < -0.39 is 0 Å². The van der Waals surface area contributed by atoms with E-state index in [2.05, 4.69) is 21.7 Å². The molecule has 1 N–H and O–H groups in total. The Labute approximate surface area is 132 Å². The SMILES string of the molecule is N#CN1CC[C@H](CC(=O)Nc2nnc(-c3ccccc3)s2)C1. The van der Waals surface area contributed by atoms with Crippen molar-refractivity contribution in [3.63, 3.8) is 0 Å². The van der Waals surface area contributed by atoms with Crippen LogP contribution in [0.3, 0.4) is 0 Å². The molecule has 1 aliphatic rings. The van der Waals surface area contributed by atoms with Crippen molar-refractivity contribution in [2.45, 2.75) is 12.8 Å². The van der Waals surface area contributed by atoms with Crippen LogP contribution in [0.2, 0.25) is 0 Å². The highest BCUT2D eigenvalue weighted by Gasteiger charge is 2.24. The molecule has 1 amide bonds. The van der Waals surface area contributed by atoms with Gasteiger partial charge in [0.25, 0.3) is 0 Å². The minimum atomic E-state index is -0.0689. The van der Waals surface area contributed by atoms with Crippen molar-refractivity contribution in [2.75, 3.05) is 18.4 Å². The number of carbonyl (C=O) groups is 1. The number of likely N-dealkylation sites (tertiary alicyclic amines) is 1. The molecule has 3 rings (SSSR count). The first kappa shape index (κ1) is 14.5. The predicted molar refractivity (Wildman–Crippen MR) is 83.9 cm³/mol. The van der Waals surface area contributed by atoms with Crippen molar-refractivity contribution < 1.29 is 4.79 Å². The molecule has 0 aliphatic carbocycles. The number of benzene rings is 1. The van der Waals surface area contributed by atoms with Gasteiger partial charge in [-0.1, -0.05) is 41.7 Å². The van der Waals surface area contributed by atoms with Crippen LogP contribution in [-0.4, -0.2) is 34.1 Å². The third-order valence-electron chi connectivity index (χ3n) is 3.59. The number of hydrogen-bond acceptors (Lipinski definition) is 6. The number of nitrogens with zero attached hydrogens (tertiary/aromatic N) is 4. The first-order valence-electron chi connectivity index (χ1n) is 7.08. The molecule has 1 fully saturated rings. The minimum absolute atomic E-state index is 0.0689. The van der Waals surface area contributed by atoms with Crippen molar-refractivity contribution in [1.29, 1.82) is 5.26 Å². The summed E-state index contributed by atoms with van der Waals surface area (Å²) in [5.74, 6) is 0.168. The number of anilines is 1. The highest BCUT2D eigenvalue weighted by molar-refractivity contribution is 7.18. The molecule has 1 aromatic carbocycles. The Morgan fingerprint density at radius 3 is 2.95 bits per heavy atom. The Morgan fingerprint density at radius 2 is 2.23 bits per heavy atom. The minimum Gasteiger partial charge on any atom is -0.310 e. The molecule has 7 heteroatoms. The molecule has 6 nitrogen and oxygen atoms in total. The molecule has 0 unspecified atom stereocenters. The molecule has 2 heterocycles. The summed E-state index contributed by atoms with van der Waals surface area (Å²) in [6, 6.07) is 9.74. The quantitative estimate of drug-likeness (QED) is 0.876. The molecule has 1 saturated heterocycles. The van der Waals surface area contributed by atoms with Crippen LogP contribution in [0.5, 0.6) is 0 Å². The Morgan fingerprint density at radius 1 is 1.41 bits per heavy atom. The number of aromatic nitrogens is 2. The maximum atomic E-state index is 12.0. The normalized spacial score (nSPS) is 17.2. The first-order valence-corrected chi connectivity index (χ1v) is 7.89. The molecule has 0 saturated carbocycles. The standard InChI is InChI=1S/C15H15N5OS/c16-10-20-7-6-11(9-20)8-13(21)17-15-19-18-14(22-15)12-4-2-1-3-5-12/h1-5,11H,6-9H2,(H,17,19,21)/t11-/m1/s1. The summed E-state index contributed by atoms with van der Waals surface area (Å²) in [6.45, 7) is 1.40. The monoisotopic (exact) mass is 313 g/mol. The number of nitrogens with one attached hydrogen (secondary N) is 1. The van der Waals surface area contributed by atoms with Crippen LogP contribution in [0, 0.1) is 17.4 Å². The average Bonchev–Trinajstić information content (AvgIpc) is 3.17. The molecular formula is C15H15N5OS. The van der Waals surface area contributed by atoms with E-state index in [0.717, 1.165) is 23.5 Å². The number of amides is 1. The molecule has 1 atom stereocenters. The van der Waals surface area contributed by atoms with Crippen molar-refractivity contribution in [2.24, 2.45) is 5.92 Å². The van der Waals surface area contributed by atoms with Gasteiger partial charge in [0, 0.05) is 25.1 Å². The second-order valence-corrected chi connectivity index (χ2v) is 6.21. The van der Waals surface area contributed by atoms with Gasteiger partial charge in [0.05, 0.1) is 0 Å². The fraction of sp³-hybridized carbons (Fsp3) is 0.333. The fourth-order valence-electron chi connectivity index (χ4n) is 2.49. The van der Waals surface area contributed by atoms with Crippen LogP contribution in [0.4, 0.5) is 5.13 Å². The first-order chi connectivity index (χ1) is 10.7. The van der Waals surface area contributed by atoms with Gasteiger partial charge in [-0.3, -0.25) is 4.79 Å². The maximum absolute atomic E-state index is 12.0. The lowest BCUT2D eigenvalue weighted by Crippen LogP contribution is -2.19. The molecule has 0 radical (unpaired) electrons. The van der Waals surface area contributed by atoms with E-state index in [9.17, 15) is 4.79 Å². The van der Waals surface area contributed by atoms with E-state index in [1.165, 1.54) is 11.3 Å². The Kier molecular flexibility index (Phi) is 4.30. The van der Waals surface area contributed by atoms with Crippen LogP contribution in [-0.2, 0) is 4.79 Å². The topological polar surface area (TPSA) is 81.9 Å². The Bertz CT molecular complexity index is 693. The molecule has 1 aliphatic heterocycles. The van der Waals surface area contributed by atoms with E-state index in [-0.39, 0.29) is 11.8 Å². The van der Waals surface area contributed by atoms with Crippen molar-refractivity contribution in [3.8, 4) is 16.8 Å². The Balaban J connectivity index is 1.57. The van der Waals surface area contributed by atoms with Crippen LogP contribution in [0.15, 0.2) is 30.3 Å². The van der Waals surface area contributed by atoms with Gasteiger partial charge >= 0.3 is 0 Å². The van der Waals surface area contributed by atoms with E-state index in [1.807, 2.05) is 30.3 Å². The zero-order chi connectivity index (χ0) is 15.4. The zero-order valence-corrected chi connectivity index (χ0v) is 12.7. The summed E-state index contributed by atoms with van der Waals surface area (Å²) in [6.07, 6.45) is 3.42. The van der Waals surface area contributed by atoms with E-state index in [0.29, 0.717) is 18.1 Å². The van der Waals surface area contributed by atoms with Crippen molar-refractivity contribution >= 4 is 22.4 Å². The summed E-state index contributed by atoms with van der Waals surface area (Å²) >= 11 is 1.36. The van der Waals surface area contributed by atoms with E-state index in [1.54, 1.807) is 4.90 Å². The zero-order valence-electron chi connectivity index (χ0n) is 11.9. The number of nitriles is 1. The fourth-order valence-corrected chi connectivity index (χ4v) is 3.26. The van der Waals surface area contributed by atoms with Crippen LogP contribution >= 0.6 is 11.3 Å². The second kappa shape index (κ2) is 6.54. The van der Waals surface area contributed by atoms with Crippen LogP contribution < -0.4 is 5.32 Å². The third kappa shape index (κ3) is 3.40. The summed E-state index contributed by atoms with van der Waals surface area (Å²) < 4.78 is 0. The highest BCUT2D eigenvalue weighted by Crippen LogP contribution is 2.26. The van der Waals surface area contributed by atoms with Gasteiger partial charge in [-0.25, -0.2) is 0 Å². The summed E-state index contributed by atoms with van der Waals surface area (Å²) in [7, 11) is 0. The van der Waals surface area contributed by atoms with Crippen molar-refractivity contribution in [3.05, 3.63) is 30.3 Å².